The number of ether oxygens (including phenoxy) is 1. The molecule has 0 aliphatic rings. The minimum atomic E-state index is -3.31. The van der Waals surface area contributed by atoms with Crippen LogP contribution in [0.15, 0.2) is 0 Å². The molecule has 0 aromatic carbocycles. The largest absolute Gasteiger partial charge is 0.389 e. The van der Waals surface area contributed by atoms with E-state index in [9.17, 15) is 13.5 Å². The fourth-order valence-corrected chi connectivity index (χ4v) is 2.37. The van der Waals surface area contributed by atoms with Crippen LogP contribution in [0, 0.1) is 0 Å². The van der Waals surface area contributed by atoms with Crippen molar-refractivity contribution in [2.45, 2.75) is 26.0 Å². The number of nitrogens with zero attached hydrogens (tertiary/aromatic N) is 1. The van der Waals surface area contributed by atoms with Crippen molar-refractivity contribution in [3.8, 4) is 0 Å². The first-order valence-electron chi connectivity index (χ1n) is 5.64. The van der Waals surface area contributed by atoms with Gasteiger partial charge in [0.15, 0.2) is 0 Å². The summed E-state index contributed by atoms with van der Waals surface area (Å²) in [5.41, 5.74) is 0. The monoisotopic (exact) mass is 268 g/mol. The fourth-order valence-electron chi connectivity index (χ4n) is 1.29. The van der Waals surface area contributed by atoms with Crippen LogP contribution in [0.5, 0.6) is 0 Å². The maximum atomic E-state index is 11.8. The average molecular weight is 268 g/mol. The first-order valence-corrected chi connectivity index (χ1v) is 7.25. The Hall–Kier alpha value is -0.210. The van der Waals surface area contributed by atoms with Crippen molar-refractivity contribution in [2.75, 3.05) is 39.6 Å². The van der Waals surface area contributed by atoms with E-state index in [2.05, 4.69) is 5.32 Å². The van der Waals surface area contributed by atoms with Crippen LogP contribution in [0.25, 0.3) is 0 Å². The standard InChI is InChI=1S/C10H24N2O4S/c1-9(2)11-5-6-17(14,15)12(3)7-10(13)8-16-4/h9-11,13H,5-8H2,1-4H3. The van der Waals surface area contributed by atoms with Gasteiger partial charge in [-0.2, -0.15) is 0 Å². The van der Waals surface area contributed by atoms with Crippen molar-refractivity contribution in [2.24, 2.45) is 0 Å². The van der Waals surface area contributed by atoms with Crippen LogP contribution in [-0.2, 0) is 14.8 Å². The lowest BCUT2D eigenvalue weighted by atomic mass is 10.4. The molecule has 0 saturated carbocycles. The summed E-state index contributed by atoms with van der Waals surface area (Å²) in [6.45, 7) is 4.50. The van der Waals surface area contributed by atoms with E-state index in [1.165, 1.54) is 18.5 Å². The molecule has 2 N–H and O–H groups in total. The van der Waals surface area contributed by atoms with Crippen molar-refractivity contribution in [3.05, 3.63) is 0 Å². The molecule has 6 nitrogen and oxygen atoms in total. The van der Waals surface area contributed by atoms with Crippen LogP contribution in [0.2, 0.25) is 0 Å². The molecule has 0 rings (SSSR count). The Labute approximate surface area is 104 Å². The van der Waals surface area contributed by atoms with E-state index < -0.39 is 16.1 Å². The number of hydrogen-bond acceptors (Lipinski definition) is 5. The number of hydrogen-bond donors (Lipinski definition) is 2. The maximum Gasteiger partial charge on any atom is 0.215 e. The molecule has 104 valence electrons. The second-order valence-electron chi connectivity index (χ2n) is 4.31. The van der Waals surface area contributed by atoms with E-state index in [1.807, 2.05) is 13.8 Å². The zero-order chi connectivity index (χ0) is 13.5. The summed E-state index contributed by atoms with van der Waals surface area (Å²) in [5.74, 6) is 0.0291. The third kappa shape index (κ3) is 7.67. The van der Waals surface area contributed by atoms with Crippen molar-refractivity contribution in [1.82, 2.24) is 9.62 Å². The lowest BCUT2D eigenvalue weighted by molar-refractivity contribution is 0.0554. The van der Waals surface area contributed by atoms with Crippen molar-refractivity contribution < 1.29 is 18.3 Å². The molecule has 0 radical (unpaired) electrons. The van der Waals surface area contributed by atoms with Gasteiger partial charge in [-0.15, -0.1) is 0 Å². The van der Waals surface area contributed by atoms with Crippen molar-refractivity contribution in [3.63, 3.8) is 0 Å². The molecular weight excluding hydrogens is 244 g/mol. The van der Waals surface area contributed by atoms with Gasteiger partial charge in [0.05, 0.1) is 18.5 Å². The topological polar surface area (TPSA) is 78.9 Å². The summed E-state index contributed by atoms with van der Waals surface area (Å²) < 4.78 is 29.5. The summed E-state index contributed by atoms with van der Waals surface area (Å²) >= 11 is 0. The SMILES string of the molecule is COCC(O)CN(C)S(=O)(=O)CCNC(C)C. The molecule has 17 heavy (non-hydrogen) atoms. The zero-order valence-electron chi connectivity index (χ0n) is 11.0. The van der Waals surface area contributed by atoms with E-state index in [4.69, 9.17) is 4.74 Å². The summed E-state index contributed by atoms with van der Waals surface area (Å²) in [6.07, 6.45) is -0.794. The van der Waals surface area contributed by atoms with Crippen LogP contribution in [0.1, 0.15) is 13.8 Å². The van der Waals surface area contributed by atoms with E-state index in [1.54, 1.807) is 0 Å². The first-order chi connectivity index (χ1) is 7.79. The van der Waals surface area contributed by atoms with Gasteiger partial charge in [-0.25, -0.2) is 12.7 Å². The number of sulfonamides is 1. The van der Waals surface area contributed by atoms with Crippen LogP contribution in [0.3, 0.4) is 0 Å². The van der Waals surface area contributed by atoms with Crippen LogP contribution in [0.4, 0.5) is 0 Å². The predicted molar refractivity (Wildman–Crippen MR) is 67.4 cm³/mol. The smallest absolute Gasteiger partial charge is 0.215 e. The molecule has 0 saturated heterocycles. The lowest BCUT2D eigenvalue weighted by Crippen LogP contribution is -2.40. The first kappa shape index (κ1) is 16.8. The van der Waals surface area contributed by atoms with Crippen molar-refractivity contribution >= 4 is 10.0 Å². The predicted octanol–water partition coefficient (Wildman–Crippen LogP) is -0.747. The van der Waals surface area contributed by atoms with Gasteiger partial charge in [-0.3, -0.25) is 0 Å². The molecule has 0 spiro atoms. The molecule has 1 atom stereocenters. The van der Waals surface area contributed by atoms with Crippen LogP contribution < -0.4 is 5.32 Å². The highest BCUT2D eigenvalue weighted by molar-refractivity contribution is 7.89. The Morgan fingerprint density at radius 2 is 2.00 bits per heavy atom. The summed E-state index contributed by atoms with van der Waals surface area (Å²) in [4.78, 5) is 0. The third-order valence-electron chi connectivity index (χ3n) is 2.21. The average Bonchev–Trinajstić information content (AvgIpc) is 2.16. The summed E-state index contributed by atoms with van der Waals surface area (Å²) in [5, 5.41) is 12.5. The Kier molecular flexibility index (Phi) is 7.89. The molecule has 0 aliphatic carbocycles. The number of likely N-dealkylation sites (N-methyl/N-ethyl adjacent to an activating group) is 1. The van der Waals surface area contributed by atoms with Gasteiger partial charge in [0.1, 0.15) is 0 Å². The number of rotatable bonds is 9. The Bertz CT molecular complexity index is 293. The summed E-state index contributed by atoms with van der Waals surface area (Å²) in [6, 6.07) is 0.259. The quantitative estimate of drug-likeness (QED) is 0.575. The van der Waals surface area contributed by atoms with Crippen molar-refractivity contribution in [1.29, 1.82) is 0 Å². The highest BCUT2D eigenvalue weighted by Crippen LogP contribution is 2.00. The van der Waals surface area contributed by atoms with Gasteiger partial charge in [-0.1, -0.05) is 13.8 Å². The van der Waals surface area contributed by atoms with E-state index >= 15 is 0 Å². The molecule has 0 heterocycles. The summed E-state index contributed by atoms with van der Waals surface area (Å²) in [7, 11) is -0.390. The number of aliphatic hydroxyl groups is 1. The number of methoxy groups -OCH3 is 1. The van der Waals surface area contributed by atoms with Crippen LogP contribution >= 0.6 is 0 Å². The number of nitrogens with one attached hydrogen (secondary N) is 1. The van der Waals surface area contributed by atoms with Gasteiger partial charge < -0.3 is 15.2 Å². The fraction of sp³-hybridized carbons (Fsp3) is 1.00. The second kappa shape index (κ2) is 7.99. The molecular formula is C10H24N2O4S. The molecule has 0 fully saturated rings. The maximum absolute atomic E-state index is 11.8. The van der Waals surface area contributed by atoms with Gasteiger partial charge >= 0.3 is 0 Å². The van der Waals surface area contributed by atoms with Crippen LogP contribution in [-0.4, -0.2) is 69.6 Å². The minimum absolute atomic E-state index is 0.0291. The minimum Gasteiger partial charge on any atom is -0.389 e. The molecule has 0 amide bonds. The molecule has 0 bridgehead atoms. The molecule has 1 unspecified atom stereocenters. The normalized spacial score (nSPS) is 14.5. The molecule has 0 aromatic rings. The van der Waals surface area contributed by atoms with Gasteiger partial charge in [0, 0.05) is 33.3 Å². The molecule has 7 heteroatoms. The number of aliphatic hydroxyl groups excluding tert-OH is 1. The van der Waals surface area contributed by atoms with Gasteiger partial charge in [0.2, 0.25) is 10.0 Å². The Morgan fingerprint density at radius 3 is 2.47 bits per heavy atom. The van der Waals surface area contributed by atoms with E-state index in [-0.39, 0.29) is 24.9 Å². The van der Waals surface area contributed by atoms with E-state index in [0.29, 0.717) is 6.54 Å². The van der Waals surface area contributed by atoms with Gasteiger partial charge in [0.25, 0.3) is 0 Å². The highest BCUT2D eigenvalue weighted by atomic mass is 32.2. The Balaban J connectivity index is 4.11. The molecule has 0 aromatic heterocycles. The Morgan fingerprint density at radius 1 is 1.41 bits per heavy atom. The third-order valence-corrected chi connectivity index (χ3v) is 4.03. The van der Waals surface area contributed by atoms with E-state index in [0.717, 1.165) is 0 Å². The lowest BCUT2D eigenvalue weighted by Gasteiger charge is -2.20. The van der Waals surface area contributed by atoms with Gasteiger partial charge in [-0.05, 0) is 0 Å². The molecule has 0 aliphatic heterocycles. The zero-order valence-corrected chi connectivity index (χ0v) is 11.8. The second-order valence-corrected chi connectivity index (χ2v) is 6.51. The highest BCUT2D eigenvalue weighted by Gasteiger charge is 2.20.